The first-order chi connectivity index (χ1) is 15.8. The number of halogens is 3. The molecule has 0 aliphatic carbocycles. The predicted molar refractivity (Wildman–Crippen MR) is 121 cm³/mol. The average Bonchev–Trinajstić information content (AvgIpc) is 3.13. The maximum Gasteiger partial charge on any atom is 0.431 e. The number of anilines is 1. The van der Waals surface area contributed by atoms with E-state index < -0.39 is 23.8 Å². The lowest BCUT2D eigenvalue weighted by atomic mass is 9.95. The van der Waals surface area contributed by atoms with Crippen molar-refractivity contribution in [2.24, 2.45) is 11.0 Å². The second-order valence-corrected chi connectivity index (χ2v) is 8.06. The largest absolute Gasteiger partial charge is 0.431 e. The van der Waals surface area contributed by atoms with Crippen molar-refractivity contribution in [2.75, 3.05) is 5.01 Å². The van der Waals surface area contributed by atoms with Crippen LogP contribution < -0.4 is 5.01 Å². The van der Waals surface area contributed by atoms with Crippen molar-refractivity contribution in [3.8, 4) is 17.5 Å². The van der Waals surface area contributed by atoms with Crippen LogP contribution in [-0.2, 0) is 6.42 Å². The van der Waals surface area contributed by atoms with Crippen LogP contribution in [0.15, 0.2) is 65.9 Å². The number of benzene rings is 2. The van der Waals surface area contributed by atoms with E-state index in [1.54, 1.807) is 12.1 Å². The Morgan fingerprint density at radius 3 is 2.36 bits per heavy atom. The van der Waals surface area contributed by atoms with Gasteiger partial charge in [0.2, 0.25) is 0 Å². The number of nitriles is 1. The van der Waals surface area contributed by atoms with Crippen molar-refractivity contribution in [3.63, 3.8) is 0 Å². The summed E-state index contributed by atoms with van der Waals surface area (Å²) in [5, 5.41) is 14.3. The Hall–Kier alpha value is -3.73. The lowest BCUT2D eigenvalue weighted by Gasteiger charge is -2.24. The Balaban J connectivity index is 1.54. The van der Waals surface area contributed by atoms with Crippen LogP contribution in [0.1, 0.15) is 30.2 Å². The molecule has 8 heteroatoms. The first-order valence-corrected chi connectivity index (χ1v) is 10.6. The Morgan fingerprint density at radius 1 is 1.06 bits per heavy atom. The van der Waals surface area contributed by atoms with Gasteiger partial charge in [-0.15, -0.1) is 0 Å². The first-order valence-electron chi connectivity index (χ1n) is 10.6. The zero-order valence-electron chi connectivity index (χ0n) is 18.2. The second-order valence-electron chi connectivity index (χ2n) is 8.06. The lowest BCUT2D eigenvalue weighted by molar-refractivity contribution is -0.0620. The molecule has 33 heavy (non-hydrogen) atoms. The van der Waals surface area contributed by atoms with Gasteiger partial charge in [0.15, 0.2) is 5.82 Å². The maximum absolute atomic E-state index is 13.3. The highest BCUT2D eigenvalue weighted by Gasteiger charge is 2.48. The van der Waals surface area contributed by atoms with Crippen molar-refractivity contribution in [1.29, 1.82) is 5.26 Å². The van der Waals surface area contributed by atoms with Crippen LogP contribution in [0, 0.1) is 24.2 Å². The van der Waals surface area contributed by atoms with Gasteiger partial charge in [-0.1, -0.05) is 49.4 Å². The highest BCUT2D eigenvalue weighted by molar-refractivity contribution is 5.95. The number of hydrogen-bond acceptors (Lipinski definition) is 5. The number of rotatable bonds is 5. The molecule has 2 unspecified atom stereocenters. The normalized spacial score (nSPS) is 18.2. The van der Waals surface area contributed by atoms with E-state index in [2.05, 4.69) is 15.1 Å². The van der Waals surface area contributed by atoms with E-state index in [4.69, 9.17) is 5.26 Å². The number of alkyl halides is 3. The van der Waals surface area contributed by atoms with E-state index in [1.807, 2.05) is 61.7 Å². The molecule has 2 atom stereocenters. The Kier molecular flexibility index (Phi) is 6.14. The van der Waals surface area contributed by atoms with Crippen LogP contribution in [0.25, 0.3) is 11.4 Å². The quantitative estimate of drug-likeness (QED) is 0.501. The Labute approximate surface area is 190 Å². The molecule has 0 saturated heterocycles. The summed E-state index contributed by atoms with van der Waals surface area (Å²) < 4.78 is 40.0. The van der Waals surface area contributed by atoms with Gasteiger partial charge >= 0.3 is 6.18 Å². The number of nitrogens with zero attached hydrogens (tertiary/aromatic N) is 5. The first kappa shape index (κ1) is 22.5. The molecule has 0 bridgehead atoms. The molecule has 0 spiro atoms. The van der Waals surface area contributed by atoms with Gasteiger partial charge in [-0.2, -0.15) is 23.5 Å². The van der Waals surface area contributed by atoms with E-state index >= 15 is 0 Å². The molecule has 0 amide bonds. The molecular weight excluding hydrogens is 427 g/mol. The van der Waals surface area contributed by atoms with Crippen molar-refractivity contribution >= 4 is 11.4 Å². The summed E-state index contributed by atoms with van der Waals surface area (Å²) in [6.45, 7) is 3.40. The van der Waals surface area contributed by atoms with E-state index in [1.165, 1.54) is 11.9 Å². The van der Waals surface area contributed by atoms with Crippen LogP contribution in [0.2, 0.25) is 0 Å². The molecule has 4 rings (SSSR count). The zero-order valence-corrected chi connectivity index (χ0v) is 18.2. The van der Waals surface area contributed by atoms with Crippen LogP contribution in [0.3, 0.4) is 0 Å². The van der Waals surface area contributed by atoms with Gasteiger partial charge in [0.25, 0.3) is 0 Å². The minimum Gasteiger partial charge on any atom is -0.261 e. The molecule has 5 nitrogen and oxygen atoms in total. The van der Waals surface area contributed by atoms with Crippen molar-refractivity contribution < 1.29 is 13.2 Å². The van der Waals surface area contributed by atoms with Crippen LogP contribution >= 0.6 is 0 Å². The van der Waals surface area contributed by atoms with Gasteiger partial charge in [-0.3, -0.25) is 5.01 Å². The molecule has 2 aromatic carbocycles. The fourth-order valence-electron chi connectivity index (χ4n) is 3.97. The summed E-state index contributed by atoms with van der Waals surface area (Å²) >= 11 is 0. The third kappa shape index (κ3) is 4.72. The molecule has 0 fully saturated rings. The minimum absolute atomic E-state index is 0.0453. The number of aryl methyl sites for hydroxylation is 1. The van der Waals surface area contributed by atoms with Gasteiger partial charge in [0.05, 0.1) is 24.2 Å². The number of hydrazone groups is 1. The van der Waals surface area contributed by atoms with E-state index in [0.29, 0.717) is 17.9 Å². The molecule has 0 saturated carbocycles. The third-order valence-electron chi connectivity index (χ3n) is 5.84. The average molecular weight is 449 g/mol. The highest BCUT2D eigenvalue weighted by Crippen LogP contribution is 2.36. The molecule has 1 aromatic heterocycles. The van der Waals surface area contributed by atoms with Gasteiger partial charge in [-0.05, 0) is 30.2 Å². The van der Waals surface area contributed by atoms with Crippen molar-refractivity contribution in [3.05, 3.63) is 77.6 Å². The monoisotopic (exact) mass is 449 g/mol. The van der Waals surface area contributed by atoms with E-state index in [0.717, 1.165) is 22.4 Å². The van der Waals surface area contributed by atoms with Gasteiger partial charge in [-0.25, -0.2) is 9.97 Å². The Morgan fingerprint density at radius 2 is 1.76 bits per heavy atom. The van der Waals surface area contributed by atoms with Crippen LogP contribution in [-0.4, -0.2) is 27.9 Å². The van der Waals surface area contributed by atoms with Crippen molar-refractivity contribution in [2.45, 2.75) is 38.9 Å². The highest BCUT2D eigenvalue weighted by atomic mass is 19.4. The topological polar surface area (TPSA) is 65.2 Å². The SMILES string of the molecule is Cc1nc(-c2ccccc2)ncc1Cc1ccc(N2N=C(C(F)(F)F)C(C)C2CC#N)cc1. The fraction of sp³-hybridized carbons (Fsp3) is 0.280. The molecule has 1 aliphatic heterocycles. The van der Waals surface area contributed by atoms with Gasteiger partial charge in [0.1, 0.15) is 5.71 Å². The molecule has 1 aliphatic rings. The molecular formula is C25H22F3N5. The van der Waals surface area contributed by atoms with Gasteiger partial charge in [0, 0.05) is 29.8 Å². The van der Waals surface area contributed by atoms with Crippen LogP contribution in [0.5, 0.6) is 0 Å². The lowest BCUT2D eigenvalue weighted by Crippen LogP contribution is -2.35. The standard InChI is InChI=1S/C25H22F3N5/c1-16-22(12-13-29)33(32-23(16)25(26,27)28)21-10-8-18(9-11-21)14-20-15-30-24(31-17(20)2)19-6-4-3-5-7-19/h3-11,15-16,22H,12,14H2,1-2H3. The molecule has 0 N–H and O–H groups in total. The summed E-state index contributed by atoms with van der Waals surface area (Å²) in [6.07, 6.45) is -2.17. The smallest absolute Gasteiger partial charge is 0.261 e. The van der Waals surface area contributed by atoms with Crippen LogP contribution in [0.4, 0.5) is 18.9 Å². The summed E-state index contributed by atoms with van der Waals surface area (Å²) in [7, 11) is 0. The Bertz CT molecular complexity index is 1200. The summed E-state index contributed by atoms with van der Waals surface area (Å²) in [4.78, 5) is 9.10. The summed E-state index contributed by atoms with van der Waals surface area (Å²) in [5.41, 5.74) is 3.44. The van der Waals surface area contributed by atoms with E-state index in [-0.39, 0.29) is 6.42 Å². The molecule has 2 heterocycles. The summed E-state index contributed by atoms with van der Waals surface area (Å²) in [6, 6.07) is 18.2. The second kappa shape index (κ2) is 9.02. The number of hydrogen-bond donors (Lipinski definition) is 0. The van der Waals surface area contributed by atoms with Crippen molar-refractivity contribution in [1.82, 2.24) is 9.97 Å². The summed E-state index contributed by atoms with van der Waals surface area (Å²) in [5.74, 6) is -0.218. The maximum atomic E-state index is 13.3. The minimum atomic E-state index is -4.52. The molecule has 168 valence electrons. The predicted octanol–water partition coefficient (Wildman–Crippen LogP) is 5.70. The zero-order chi connectivity index (χ0) is 23.6. The molecule has 0 radical (unpaired) electrons. The fourth-order valence-corrected chi connectivity index (χ4v) is 3.97. The number of aromatic nitrogens is 2. The third-order valence-corrected chi connectivity index (χ3v) is 5.84. The van der Waals surface area contributed by atoms with Gasteiger partial charge < -0.3 is 0 Å². The van der Waals surface area contributed by atoms with E-state index in [9.17, 15) is 13.2 Å². The molecule has 3 aromatic rings.